The number of hydrogen-bond donors (Lipinski definition) is 2. The molecular weight excluding hydrogens is 495 g/mol. The first kappa shape index (κ1) is 28.7. The summed E-state index contributed by atoms with van der Waals surface area (Å²) in [5, 5.41) is 2.82. The molecule has 7 nitrogen and oxygen atoms in total. The van der Waals surface area contributed by atoms with Crippen LogP contribution in [0.15, 0.2) is 36.9 Å². The molecule has 0 aliphatic carbocycles. The molecule has 3 rings (SSSR count). The van der Waals surface area contributed by atoms with Gasteiger partial charge in [-0.05, 0) is 46.7 Å². The van der Waals surface area contributed by atoms with Crippen molar-refractivity contribution in [1.29, 1.82) is 0 Å². The molecule has 0 spiro atoms. The Kier molecular flexibility index (Phi) is 9.36. The van der Waals surface area contributed by atoms with Crippen molar-refractivity contribution >= 4 is 27.7 Å². The molecule has 9 heteroatoms. The fourth-order valence-corrected chi connectivity index (χ4v) is 4.68. The number of aryl methyl sites for hydroxylation is 1. The Morgan fingerprint density at radius 1 is 1.22 bits per heavy atom. The number of carbonyl (C=O) groups is 1. The van der Waals surface area contributed by atoms with Gasteiger partial charge in [0, 0.05) is 31.4 Å². The Balaban J connectivity index is 1.66. The lowest BCUT2D eigenvalue weighted by molar-refractivity contribution is -0.121. The molecule has 2 aromatic carbocycles. The van der Waals surface area contributed by atoms with Crippen molar-refractivity contribution in [3.8, 4) is 5.75 Å². The van der Waals surface area contributed by atoms with Crippen LogP contribution in [0.4, 0.5) is 10.1 Å². The molecule has 0 unspecified atom stereocenters. The zero-order chi connectivity index (χ0) is 27.2. The van der Waals surface area contributed by atoms with Crippen LogP contribution in [0.3, 0.4) is 0 Å². The van der Waals surface area contributed by atoms with E-state index in [9.17, 15) is 17.6 Å². The molecule has 1 heterocycles. The van der Waals surface area contributed by atoms with Crippen LogP contribution in [0.25, 0.3) is 6.08 Å². The zero-order valence-corrected chi connectivity index (χ0v) is 22.8. The number of rotatable bonds is 10. The van der Waals surface area contributed by atoms with E-state index in [4.69, 9.17) is 9.47 Å². The fraction of sp³-hybridized carbons (Fsp3) is 0.464. The van der Waals surface area contributed by atoms with Gasteiger partial charge in [-0.25, -0.2) is 12.8 Å². The quantitative estimate of drug-likeness (QED) is 0.452. The second-order valence-corrected chi connectivity index (χ2v) is 12.1. The maximum absolute atomic E-state index is 14.6. The Morgan fingerprint density at radius 3 is 2.54 bits per heavy atom. The van der Waals surface area contributed by atoms with E-state index in [1.807, 2.05) is 6.07 Å². The topological polar surface area (TPSA) is 93.7 Å². The van der Waals surface area contributed by atoms with Gasteiger partial charge in [-0.15, -0.1) is 0 Å². The van der Waals surface area contributed by atoms with Gasteiger partial charge < -0.3 is 14.8 Å². The van der Waals surface area contributed by atoms with Crippen LogP contribution in [0.2, 0.25) is 0 Å². The molecule has 0 aromatic heterocycles. The van der Waals surface area contributed by atoms with Crippen molar-refractivity contribution in [3.63, 3.8) is 0 Å². The van der Waals surface area contributed by atoms with Gasteiger partial charge in [0.25, 0.3) is 0 Å². The molecule has 0 saturated carbocycles. The summed E-state index contributed by atoms with van der Waals surface area (Å²) in [7, 11) is -3.65. The van der Waals surface area contributed by atoms with Gasteiger partial charge in [-0.3, -0.25) is 9.52 Å². The minimum Gasteiger partial charge on any atom is -0.490 e. The van der Waals surface area contributed by atoms with E-state index in [0.29, 0.717) is 30.8 Å². The average Bonchev–Trinajstić information content (AvgIpc) is 2.82. The molecule has 2 aromatic rings. The van der Waals surface area contributed by atoms with Gasteiger partial charge in [0.2, 0.25) is 15.9 Å². The normalized spacial score (nSPS) is 14.7. The van der Waals surface area contributed by atoms with Gasteiger partial charge in [0.15, 0.2) is 0 Å². The molecular formula is C28H37FN2O5S. The summed E-state index contributed by atoms with van der Waals surface area (Å²) < 4.78 is 51.6. The summed E-state index contributed by atoms with van der Waals surface area (Å²) >= 11 is 0. The van der Waals surface area contributed by atoms with Gasteiger partial charge in [0.1, 0.15) is 17.7 Å². The highest BCUT2D eigenvalue weighted by atomic mass is 32.2. The number of ether oxygens (including phenoxy) is 2. The van der Waals surface area contributed by atoms with E-state index in [1.54, 1.807) is 6.07 Å². The number of anilines is 1. The minimum atomic E-state index is -3.65. The predicted molar refractivity (Wildman–Crippen MR) is 145 cm³/mol. The Bertz CT molecular complexity index is 1230. The number of sulfonamides is 1. The van der Waals surface area contributed by atoms with Gasteiger partial charge in [-0.2, -0.15) is 0 Å². The second kappa shape index (κ2) is 12.1. The van der Waals surface area contributed by atoms with Crippen LogP contribution in [-0.4, -0.2) is 39.9 Å². The van der Waals surface area contributed by atoms with Crippen molar-refractivity contribution in [1.82, 2.24) is 5.32 Å². The summed E-state index contributed by atoms with van der Waals surface area (Å²) in [6.07, 6.45) is 4.81. The summed E-state index contributed by atoms with van der Waals surface area (Å²) in [5.41, 5.74) is 2.72. The number of halogens is 1. The smallest absolute Gasteiger partial charge is 0.229 e. The van der Waals surface area contributed by atoms with Gasteiger partial charge >= 0.3 is 0 Å². The highest BCUT2D eigenvalue weighted by Gasteiger charge is 2.21. The third kappa shape index (κ3) is 8.57. The van der Waals surface area contributed by atoms with E-state index in [2.05, 4.69) is 49.5 Å². The summed E-state index contributed by atoms with van der Waals surface area (Å²) in [6.45, 7) is 11.5. The summed E-state index contributed by atoms with van der Waals surface area (Å²) in [5.74, 6) is -0.115. The number of nitrogens with one attached hydrogen (secondary N) is 2. The molecule has 1 fully saturated rings. The van der Waals surface area contributed by atoms with E-state index in [-0.39, 0.29) is 36.1 Å². The molecule has 37 heavy (non-hydrogen) atoms. The van der Waals surface area contributed by atoms with E-state index >= 15 is 0 Å². The van der Waals surface area contributed by atoms with Crippen molar-refractivity contribution in [2.45, 2.75) is 64.5 Å². The predicted octanol–water partition coefficient (Wildman–Crippen LogP) is 4.94. The van der Waals surface area contributed by atoms with Crippen LogP contribution < -0.4 is 14.8 Å². The molecule has 0 atom stereocenters. The Morgan fingerprint density at radius 2 is 1.92 bits per heavy atom. The highest BCUT2D eigenvalue weighted by Crippen LogP contribution is 2.31. The molecule has 2 N–H and O–H groups in total. The van der Waals surface area contributed by atoms with E-state index < -0.39 is 15.8 Å². The molecule has 0 bridgehead atoms. The Labute approximate surface area is 219 Å². The van der Waals surface area contributed by atoms with Crippen LogP contribution in [0, 0.1) is 5.82 Å². The zero-order valence-electron chi connectivity index (χ0n) is 22.0. The molecule has 0 radical (unpaired) electrons. The fourth-order valence-electron chi connectivity index (χ4n) is 4.09. The SMILES string of the molecule is C=Cc1cc(CNC(=O)CCc2ccc(C(C)(C)C)cc2OC2CCOCC2)cc(F)c1NS(C)(=O)=O. The van der Waals surface area contributed by atoms with Crippen LogP contribution in [0.1, 0.15) is 62.3 Å². The minimum absolute atomic E-state index is 0.0321. The maximum Gasteiger partial charge on any atom is 0.229 e. The lowest BCUT2D eigenvalue weighted by Crippen LogP contribution is -2.27. The Hall–Kier alpha value is -2.91. The first-order valence-corrected chi connectivity index (χ1v) is 14.3. The monoisotopic (exact) mass is 532 g/mol. The first-order valence-electron chi connectivity index (χ1n) is 12.4. The second-order valence-electron chi connectivity index (χ2n) is 10.4. The van der Waals surface area contributed by atoms with Gasteiger partial charge in [-0.1, -0.05) is 45.6 Å². The average molecular weight is 533 g/mol. The van der Waals surface area contributed by atoms with Crippen molar-refractivity contribution < 1.29 is 27.1 Å². The van der Waals surface area contributed by atoms with Crippen LogP contribution >= 0.6 is 0 Å². The van der Waals surface area contributed by atoms with E-state index in [0.717, 1.165) is 36.0 Å². The van der Waals surface area contributed by atoms with Crippen LogP contribution in [0.5, 0.6) is 5.75 Å². The number of carbonyl (C=O) groups excluding carboxylic acids is 1. The largest absolute Gasteiger partial charge is 0.490 e. The molecule has 1 saturated heterocycles. The van der Waals surface area contributed by atoms with Crippen LogP contribution in [-0.2, 0) is 37.9 Å². The maximum atomic E-state index is 14.6. The third-order valence-corrected chi connectivity index (χ3v) is 6.77. The molecule has 1 amide bonds. The highest BCUT2D eigenvalue weighted by molar-refractivity contribution is 7.92. The number of amides is 1. The lowest BCUT2D eigenvalue weighted by Gasteiger charge is -2.26. The van der Waals surface area contributed by atoms with E-state index in [1.165, 1.54) is 12.1 Å². The summed E-state index contributed by atoms with van der Waals surface area (Å²) in [4.78, 5) is 12.6. The molecule has 1 aliphatic heterocycles. The molecule has 1 aliphatic rings. The first-order chi connectivity index (χ1) is 17.4. The van der Waals surface area contributed by atoms with Crippen molar-refractivity contribution in [3.05, 3.63) is 65.0 Å². The summed E-state index contributed by atoms with van der Waals surface area (Å²) in [6, 6.07) is 8.98. The van der Waals surface area contributed by atoms with Crippen molar-refractivity contribution in [2.75, 3.05) is 24.2 Å². The standard InChI is InChI=1S/C28H37FN2O5S/c1-6-20-15-19(16-24(29)27(20)31-37(5,33)34)18-30-26(32)10-8-21-7-9-22(28(2,3)4)17-25(21)36-23-11-13-35-14-12-23/h6-7,9,15-17,23,31H,1,8,10-14,18H2,2-5H3,(H,30,32). The number of hydrogen-bond acceptors (Lipinski definition) is 5. The van der Waals surface area contributed by atoms with Crippen molar-refractivity contribution in [2.24, 2.45) is 0 Å². The van der Waals surface area contributed by atoms with Gasteiger partial charge in [0.05, 0.1) is 25.2 Å². The third-order valence-electron chi connectivity index (χ3n) is 6.19. The molecule has 202 valence electrons. The lowest BCUT2D eigenvalue weighted by atomic mass is 9.86. The number of benzene rings is 2.